The summed E-state index contributed by atoms with van der Waals surface area (Å²) < 4.78 is 0. The quantitative estimate of drug-likeness (QED) is 0.605. The number of carbonyl (C=O) groups excluding carboxylic acids is 1. The first kappa shape index (κ1) is 12.4. The van der Waals surface area contributed by atoms with Gasteiger partial charge in [-0.2, -0.15) is 0 Å². The third-order valence-electron chi connectivity index (χ3n) is 1.89. The lowest BCUT2D eigenvalue weighted by Gasteiger charge is -2.18. The lowest BCUT2D eigenvalue weighted by atomic mass is 10.2. The Morgan fingerprint density at radius 1 is 1.54 bits per heavy atom. The summed E-state index contributed by atoms with van der Waals surface area (Å²) >= 11 is 0. The molecule has 0 fully saturated rings. The molecule has 4 heteroatoms. The Kier molecular flexibility index (Phi) is 6.54. The van der Waals surface area contributed by atoms with Crippen molar-refractivity contribution < 1.29 is 4.79 Å². The van der Waals surface area contributed by atoms with Crippen molar-refractivity contribution in [3.8, 4) is 0 Å². The fourth-order valence-corrected chi connectivity index (χ4v) is 0.981. The first-order chi connectivity index (χ1) is 6.11. The van der Waals surface area contributed by atoms with Crippen molar-refractivity contribution in [1.82, 2.24) is 10.2 Å². The molecular weight excluding hydrogens is 166 g/mol. The zero-order chi connectivity index (χ0) is 10.3. The van der Waals surface area contributed by atoms with Crippen LogP contribution in [-0.4, -0.2) is 44.0 Å². The summed E-state index contributed by atoms with van der Waals surface area (Å²) in [5, 5.41) is 3.23. The van der Waals surface area contributed by atoms with Gasteiger partial charge in [0, 0.05) is 33.1 Å². The van der Waals surface area contributed by atoms with Crippen molar-refractivity contribution in [2.24, 2.45) is 5.73 Å². The smallest absolute Gasteiger partial charge is 0.223 e. The van der Waals surface area contributed by atoms with Crippen LogP contribution in [0.15, 0.2) is 0 Å². The third kappa shape index (κ3) is 5.60. The minimum Gasteiger partial charge on any atom is -0.349 e. The highest BCUT2D eigenvalue weighted by Gasteiger charge is 2.12. The molecule has 1 amide bonds. The lowest BCUT2D eigenvalue weighted by molar-refractivity contribution is -0.129. The fourth-order valence-electron chi connectivity index (χ4n) is 0.981. The molecule has 0 saturated heterocycles. The van der Waals surface area contributed by atoms with Gasteiger partial charge in [-0.15, -0.1) is 0 Å². The second kappa shape index (κ2) is 6.86. The molecule has 0 saturated carbocycles. The van der Waals surface area contributed by atoms with Gasteiger partial charge in [-0.3, -0.25) is 4.79 Å². The van der Waals surface area contributed by atoms with Gasteiger partial charge in [0.15, 0.2) is 0 Å². The molecule has 0 radical (unpaired) electrons. The molecule has 3 N–H and O–H groups in total. The van der Waals surface area contributed by atoms with Crippen molar-refractivity contribution in [3.63, 3.8) is 0 Å². The van der Waals surface area contributed by atoms with Gasteiger partial charge in [0.05, 0.1) is 0 Å². The molecule has 0 spiro atoms. The largest absolute Gasteiger partial charge is 0.349 e. The van der Waals surface area contributed by atoms with Crippen LogP contribution >= 0.6 is 0 Å². The molecular formula is C9H21N3O. The normalized spacial score (nSPS) is 12.6. The van der Waals surface area contributed by atoms with E-state index >= 15 is 0 Å². The number of rotatable bonds is 6. The highest BCUT2D eigenvalue weighted by Crippen LogP contribution is 1.94. The number of nitrogens with two attached hydrogens (primary N) is 1. The predicted octanol–water partition coefficient (Wildman–Crippen LogP) is -0.208. The highest BCUT2D eigenvalue weighted by atomic mass is 16.2. The standard InChI is InChI=1S/C9H21N3O/c1-4-5-11-8(7-10)6-9(13)12(2)3/h8,11H,4-7,10H2,1-3H3. The van der Waals surface area contributed by atoms with Gasteiger partial charge < -0.3 is 16.0 Å². The van der Waals surface area contributed by atoms with Crippen LogP contribution in [0.25, 0.3) is 0 Å². The van der Waals surface area contributed by atoms with E-state index in [1.807, 2.05) is 0 Å². The zero-order valence-electron chi connectivity index (χ0n) is 8.84. The summed E-state index contributed by atoms with van der Waals surface area (Å²) in [6.45, 7) is 3.52. The number of hydrogen-bond donors (Lipinski definition) is 2. The Morgan fingerprint density at radius 3 is 2.54 bits per heavy atom. The lowest BCUT2D eigenvalue weighted by Crippen LogP contribution is -2.40. The minimum atomic E-state index is 0.120. The average Bonchev–Trinajstić information content (AvgIpc) is 2.11. The van der Waals surface area contributed by atoms with E-state index in [9.17, 15) is 4.79 Å². The van der Waals surface area contributed by atoms with Crippen LogP contribution in [0.1, 0.15) is 19.8 Å². The minimum absolute atomic E-state index is 0.120. The maximum absolute atomic E-state index is 11.3. The molecule has 0 rings (SSSR count). The van der Waals surface area contributed by atoms with Gasteiger partial charge in [0.2, 0.25) is 5.91 Å². The SMILES string of the molecule is CCCNC(CN)CC(=O)N(C)C. The zero-order valence-corrected chi connectivity index (χ0v) is 8.84. The van der Waals surface area contributed by atoms with E-state index in [2.05, 4.69) is 12.2 Å². The fraction of sp³-hybridized carbons (Fsp3) is 0.889. The molecule has 4 nitrogen and oxygen atoms in total. The maximum atomic E-state index is 11.3. The summed E-state index contributed by atoms with van der Waals surface area (Å²) in [5.74, 6) is 0.124. The molecule has 0 aromatic rings. The third-order valence-corrected chi connectivity index (χ3v) is 1.89. The molecule has 78 valence electrons. The number of nitrogens with one attached hydrogen (secondary N) is 1. The van der Waals surface area contributed by atoms with E-state index < -0.39 is 0 Å². The number of nitrogens with zero attached hydrogens (tertiary/aromatic N) is 1. The molecule has 0 aromatic heterocycles. The number of hydrogen-bond acceptors (Lipinski definition) is 3. The van der Waals surface area contributed by atoms with Crippen LogP contribution in [0.2, 0.25) is 0 Å². The number of carbonyl (C=O) groups is 1. The molecule has 0 aliphatic heterocycles. The van der Waals surface area contributed by atoms with Gasteiger partial charge >= 0.3 is 0 Å². The van der Waals surface area contributed by atoms with E-state index in [0.29, 0.717) is 13.0 Å². The van der Waals surface area contributed by atoms with E-state index in [-0.39, 0.29) is 11.9 Å². The Bertz CT molecular complexity index is 148. The molecule has 0 aliphatic rings. The molecule has 1 atom stereocenters. The van der Waals surface area contributed by atoms with Crippen LogP contribution in [0.3, 0.4) is 0 Å². The van der Waals surface area contributed by atoms with Crippen molar-refractivity contribution in [2.75, 3.05) is 27.2 Å². The molecule has 0 aromatic carbocycles. The summed E-state index contributed by atoms with van der Waals surface area (Å²) in [6.07, 6.45) is 1.55. The van der Waals surface area contributed by atoms with Gasteiger partial charge in [-0.25, -0.2) is 0 Å². The Morgan fingerprint density at radius 2 is 2.15 bits per heavy atom. The van der Waals surface area contributed by atoms with Crippen LogP contribution in [0.5, 0.6) is 0 Å². The molecule has 13 heavy (non-hydrogen) atoms. The van der Waals surface area contributed by atoms with Crippen LogP contribution < -0.4 is 11.1 Å². The molecule has 0 heterocycles. The molecule has 1 unspecified atom stereocenters. The predicted molar refractivity (Wildman–Crippen MR) is 54.4 cm³/mol. The van der Waals surface area contributed by atoms with Gasteiger partial charge in [-0.1, -0.05) is 6.92 Å². The molecule has 0 aliphatic carbocycles. The summed E-state index contributed by atoms with van der Waals surface area (Å²) in [6, 6.07) is 0.120. The van der Waals surface area contributed by atoms with Crippen LogP contribution in [-0.2, 0) is 4.79 Å². The number of amides is 1. The van der Waals surface area contributed by atoms with Crippen molar-refractivity contribution >= 4 is 5.91 Å². The summed E-state index contributed by atoms with van der Waals surface area (Å²) in [4.78, 5) is 12.9. The summed E-state index contributed by atoms with van der Waals surface area (Å²) in [5.41, 5.74) is 5.53. The van der Waals surface area contributed by atoms with Crippen molar-refractivity contribution in [1.29, 1.82) is 0 Å². The topological polar surface area (TPSA) is 58.4 Å². The first-order valence-corrected chi connectivity index (χ1v) is 4.75. The van der Waals surface area contributed by atoms with Crippen molar-refractivity contribution in [2.45, 2.75) is 25.8 Å². The van der Waals surface area contributed by atoms with Gasteiger partial charge in [-0.05, 0) is 13.0 Å². The molecule has 0 bridgehead atoms. The monoisotopic (exact) mass is 187 g/mol. The Hall–Kier alpha value is -0.610. The highest BCUT2D eigenvalue weighted by molar-refractivity contribution is 5.76. The maximum Gasteiger partial charge on any atom is 0.223 e. The van der Waals surface area contributed by atoms with Crippen LogP contribution in [0.4, 0.5) is 0 Å². The first-order valence-electron chi connectivity index (χ1n) is 4.75. The van der Waals surface area contributed by atoms with E-state index in [1.54, 1.807) is 19.0 Å². The van der Waals surface area contributed by atoms with E-state index in [1.165, 1.54) is 0 Å². The Labute approximate surface area is 80.5 Å². The Balaban J connectivity index is 3.76. The van der Waals surface area contributed by atoms with Crippen LogP contribution in [0, 0.1) is 0 Å². The van der Waals surface area contributed by atoms with Gasteiger partial charge in [0.1, 0.15) is 0 Å². The average molecular weight is 187 g/mol. The second-order valence-electron chi connectivity index (χ2n) is 3.38. The van der Waals surface area contributed by atoms with Gasteiger partial charge in [0.25, 0.3) is 0 Å². The van der Waals surface area contributed by atoms with E-state index in [0.717, 1.165) is 13.0 Å². The van der Waals surface area contributed by atoms with Crippen molar-refractivity contribution in [3.05, 3.63) is 0 Å². The summed E-state index contributed by atoms with van der Waals surface area (Å²) in [7, 11) is 3.52. The second-order valence-corrected chi connectivity index (χ2v) is 3.38. The van der Waals surface area contributed by atoms with E-state index in [4.69, 9.17) is 5.73 Å².